The van der Waals surface area contributed by atoms with E-state index in [1.807, 2.05) is 30.3 Å². The number of nitrogens with two attached hydrogens (primary N) is 1. The number of thioether (sulfide) groups is 1. The van der Waals surface area contributed by atoms with E-state index < -0.39 is 0 Å². The molecular weight excluding hydrogens is 407 g/mol. The van der Waals surface area contributed by atoms with Gasteiger partial charge < -0.3 is 10.7 Å². The van der Waals surface area contributed by atoms with Gasteiger partial charge >= 0.3 is 0 Å². The number of rotatable bonds is 5. The molecule has 1 aromatic heterocycles. The van der Waals surface area contributed by atoms with E-state index in [1.54, 1.807) is 11.8 Å². The lowest BCUT2D eigenvalue weighted by atomic mass is 10.0. The third kappa shape index (κ3) is 4.43. The van der Waals surface area contributed by atoms with Gasteiger partial charge in [-0.3, -0.25) is 0 Å². The third-order valence-electron chi connectivity index (χ3n) is 5.11. The molecule has 0 saturated heterocycles. The van der Waals surface area contributed by atoms with Crippen LogP contribution in [-0.4, -0.2) is 4.98 Å². The molecule has 3 aromatic rings. The van der Waals surface area contributed by atoms with E-state index >= 15 is 0 Å². The first-order chi connectivity index (χ1) is 13.3. The lowest BCUT2D eigenvalue weighted by molar-refractivity contribution is 1.22. The minimum absolute atomic E-state index is 0.694. The Morgan fingerprint density at radius 3 is 2.36 bits per heavy atom. The molecule has 0 unspecified atom stereocenters. The van der Waals surface area contributed by atoms with Crippen LogP contribution in [-0.2, 0) is 5.75 Å². The lowest BCUT2D eigenvalue weighted by Gasteiger charge is -2.11. The summed E-state index contributed by atoms with van der Waals surface area (Å²) in [4.78, 5) is 4.58. The molecule has 0 aliphatic heterocycles. The van der Waals surface area contributed by atoms with Crippen LogP contribution in [0.3, 0.4) is 0 Å². The highest BCUT2D eigenvalue weighted by molar-refractivity contribution is 7.98. The Morgan fingerprint density at radius 2 is 1.75 bits per heavy atom. The summed E-state index contributed by atoms with van der Waals surface area (Å²) in [5, 5.41) is 1.39. The van der Waals surface area contributed by atoms with E-state index in [4.69, 9.17) is 28.9 Å². The van der Waals surface area contributed by atoms with Crippen LogP contribution >= 0.6 is 35.0 Å². The summed E-state index contributed by atoms with van der Waals surface area (Å²) < 4.78 is 0. The van der Waals surface area contributed by atoms with Gasteiger partial charge in [-0.2, -0.15) is 0 Å². The summed E-state index contributed by atoms with van der Waals surface area (Å²) in [7, 11) is 0. The molecule has 0 amide bonds. The fraction of sp³-hybridized carbons (Fsp3) is 0.217. The number of benzene rings is 2. The summed E-state index contributed by atoms with van der Waals surface area (Å²) in [6.07, 6.45) is 2.17. The summed E-state index contributed by atoms with van der Waals surface area (Å²) in [5.74, 6) is 0.707. The van der Waals surface area contributed by atoms with Crippen molar-refractivity contribution in [3.63, 3.8) is 0 Å². The number of hydrogen-bond acceptors (Lipinski definition) is 2. The van der Waals surface area contributed by atoms with Crippen molar-refractivity contribution in [2.24, 2.45) is 0 Å². The zero-order valence-corrected chi connectivity index (χ0v) is 18.8. The lowest BCUT2D eigenvalue weighted by Crippen LogP contribution is -1.93. The number of nitrogens with one attached hydrogen (secondary N) is 1. The van der Waals surface area contributed by atoms with Crippen LogP contribution in [0.2, 0.25) is 10.0 Å². The number of nitrogen functional groups attached to an aromatic ring is 1. The van der Waals surface area contributed by atoms with E-state index in [2.05, 4.69) is 44.8 Å². The van der Waals surface area contributed by atoms with Gasteiger partial charge in [0, 0.05) is 43.3 Å². The second kappa shape index (κ2) is 8.69. The molecule has 5 heteroatoms. The van der Waals surface area contributed by atoms with Gasteiger partial charge in [0.2, 0.25) is 0 Å². The Balaban J connectivity index is 1.87. The Kier molecular flexibility index (Phi) is 6.49. The molecule has 28 heavy (non-hydrogen) atoms. The highest BCUT2D eigenvalue weighted by Gasteiger charge is 2.10. The second-order valence-electron chi connectivity index (χ2n) is 6.98. The van der Waals surface area contributed by atoms with Crippen LogP contribution in [0.15, 0.2) is 41.3 Å². The topological polar surface area (TPSA) is 41.8 Å². The molecule has 0 aliphatic carbocycles. The standard InChI is InChI=1S/C23H24Cl2N2S/c1-13(10-23-15(3)14(2)16(4)27-23)18-11-17(8-9-22(18)26)28-12-19-20(24)6-5-7-21(19)25/h5-11,27H,12,26H2,1-4H3/b13-10+. The van der Waals surface area contributed by atoms with E-state index in [9.17, 15) is 0 Å². The average molecular weight is 431 g/mol. The minimum atomic E-state index is 0.694. The second-order valence-corrected chi connectivity index (χ2v) is 8.84. The molecule has 0 atom stereocenters. The first-order valence-electron chi connectivity index (χ1n) is 9.07. The van der Waals surface area contributed by atoms with Gasteiger partial charge in [-0.15, -0.1) is 11.8 Å². The Morgan fingerprint density at radius 1 is 1.07 bits per heavy atom. The Bertz CT molecular complexity index is 1030. The zero-order chi connectivity index (χ0) is 20.4. The molecule has 0 aliphatic rings. The monoisotopic (exact) mass is 430 g/mol. The molecular formula is C23H24Cl2N2S. The van der Waals surface area contributed by atoms with Crippen molar-refractivity contribution in [3.05, 3.63) is 80.1 Å². The first kappa shape index (κ1) is 20.9. The highest BCUT2D eigenvalue weighted by atomic mass is 35.5. The summed E-state index contributed by atoms with van der Waals surface area (Å²) in [5.41, 5.74) is 15.1. The molecule has 0 spiro atoms. The van der Waals surface area contributed by atoms with Gasteiger partial charge in [-0.05, 0) is 86.4 Å². The van der Waals surface area contributed by atoms with Crippen LogP contribution in [0.4, 0.5) is 5.69 Å². The van der Waals surface area contributed by atoms with Gasteiger partial charge in [0.1, 0.15) is 0 Å². The normalized spacial score (nSPS) is 11.9. The quantitative estimate of drug-likeness (QED) is 0.321. The number of aromatic amines is 1. The number of hydrogen-bond donors (Lipinski definition) is 2. The van der Waals surface area contributed by atoms with Crippen LogP contribution in [0, 0.1) is 20.8 Å². The highest BCUT2D eigenvalue weighted by Crippen LogP contribution is 2.34. The molecule has 1 heterocycles. The van der Waals surface area contributed by atoms with Crippen molar-refractivity contribution in [3.8, 4) is 0 Å². The first-order valence-corrected chi connectivity index (χ1v) is 10.8. The maximum Gasteiger partial charge on any atom is 0.0461 e. The van der Waals surface area contributed by atoms with Crippen LogP contribution < -0.4 is 5.73 Å². The summed E-state index contributed by atoms with van der Waals surface area (Å²) in [6.45, 7) is 8.47. The van der Waals surface area contributed by atoms with Crippen LogP contribution in [0.1, 0.15) is 40.6 Å². The largest absolute Gasteiger partial charge is 0.398 e. The summed E-state index contributed by atoms with van der Waals surface area (Å²) in [6, 6.07) is 11.7. The minimum Gasteiger partial charge on any atom is -0.398 e. The average Bonchev–Trinajstić information content (AvgIpc) is 2.89. The van der Waals surface area contributed by atoms with E-state index in [-0.39, 0.29) is 0 Å². The SMILES string of the molecule is C/C(=C\c1[nH]c(C)c(C)c1C)c1cc(SCc2c(Cl)cccc2Cl)ccc1N. The Hall–Kier alpha value is -1.81. The molecule has 3 N–H and O–H groups in total. The van der Waals surface area contributed by atoms with Gasteiger partial charge in [-0.1, -0.05) is 29.3 Å². The van der Waals surface area contributed by atoms with Gasteiger partial charge in [0.25, 0.3) is 0 Å². The molecule has 0 fully saturated rings. The molecule has 0 radical (unpaired) electrons. The van der Waals surface area contributed by atoms with E-state index in [1.165, 1.54) is 16.8 Å². The zero-order valence-electron chi connectivity index (χ0n) is 16.5. The maximum atomic E-state index is 6.29. The van der Waals surface area contributed by atoms with Gasteiger partial charge in [-0.25, -0.2) is 0 Å². The number of aryl methyl sites for hydroxylation is 1. The molecule has 0 saturated carbocycles. The molecule has 2 aromatic carbocycles. The predicted molar refractivity (Wildman–Crippen MR) is 125 cm³/mol. The molecule has 146 valence electrons. The predicted octanol–water partition coefficient (Wildman–Crippen LogP) is 7.68. The van der Waals surface area contributed by atoms with Crippen molar-refractivity contribution >= 4 is 52.3 Å². The maximum absolute atomic E-state index is 6.29. The fourth-order valence-corrected chi connectivity index (χ4v) is 4.78. The van der Waals surface area contributed by atoms with Crippen LogP contribution in [0.5, 0.6) is 0 Å². The number of halogens is 2. The van der Waals surface area contributed by atoms with Crippen molar-refractivity contribution in [1.82, 2.24) is 4.98 Å². The number of anilines is 1. The van der Waals surface area contributed by atoms with Crippen molar-refractivity contribution in [2.75, 3.05) is 5.73 Å². The van der Waals surface area contributed by atoms with E-state index in [0.29, 0.717) is 15.8 Å². The van der Waals surface area contributed by atoms with Crippen molar-refractivity contribution < 1.29 is 0 Å². The van der Waals surface area contributed by atoms with E-state index in [0.717, 1.165) is 33.0 Å². The molecule has 0 bridgehead atoms. The van der Waals surface area contributed by atoms with Crippen molar-refractivity contribution in [2.45, 2.75) is 38.3 Å². The summed E-state index contributed by atoms with van der Waals surface area (Å²) >= 11 is 14.3. The fourth-order valence-electron chi connectivity index (χ4n) is 3.10. The van der Waals surface area contributed by atoms with Crippen LogP contribution in [0.25, 0.3) is 11.6 Å². The number of H-pyrrole nitrogens is 1. The number of allylic oxidation sites excluding steroid dienone is 1. The van der Waals surface area contributed by atoms with Gasteiger partial charge in [0.05, 0.1) is 0 Å². The smallest absolute Gasteiger partial charge is 0.0461 e. The van der Waals surface area contributed by atoms with Crippen molar-refractivity contribution in [1.29, 1.82) is 0 Å². The van der Waals surface area contributed by atoms with Gasteiger partial charge in [0.15, 0.2) is 0 Å². The molecule has 3 rings (SSSR count). The third-order valence-corrected chi connectivity index (χ3v) is 6.83. The molecule has 2 nitrogen and oxygen atoms in total. The number of aromatic nitrogens is 1. The Labute approximate surface area is 181 Å².